The highest BCUT2D eigenvalue weighted by Crippen LogP contribution is 2.16. The van der Waals surface area contributed by atoms with Gasteiger partial charge in [0.2, 0.25) is 0 Å². The lowest BCUT2D eigenvalue weighted by atomic mass is 10.1. The summed E-state index contributed by atoms with van der Waals surface area (Å²) in [6.07, 6.45) is 7.51. The molecule has 4 heteroatoms. The number of unbranched alkanes of at least 4 members (excludes halogenated alkanes) is 3. The molecule has 0 bridgehead atoms. The zero-order chi connectivity index (χ0) is 12.4. The fourth-order valence-corrected chi connectivity index (χ4v) is 2.28. The van der Waals surface area contributed by atoms with E-state index in [1.807, 2.05) is 6.26 Å². The van der Waals surface area contributed by atoms with E-state index >= 15 is 0 Å². The van der Waals surface area contributed by atoms with Gasteiger partial charge < -0.3 is 4.74 Å². The third-order valence-corrected chi connectivity index (χ3v) is 3.70. The van der Waals surface area contributed by atoms with Crippen molar-refractivity contribution in [1.29, 1.82) is 0 Å². The Morgan fingerprint density at radius 3 is 2.31 bits per heavy atom. The van der Waals surface area contributed by atoms with Crippen molar-refractivity contribution in [2.24, 2.45) is 0 Å². The summed E-state index contributed by atoms with van der Waals surface area (Å²) in [5.74, 6) is 0.132. The smallest absolute Gasteiger partial charge is 0.305 e. The number of hydrogen-bond acceptors (Lipinski definition) is 4. The van der Waals surface area contributed by atoms with Gasteiger partial charge in [-0.1, -0.05) is 19.3 Å². The van der Waals surface area contributed by atoms with Gasteiger partial charge in [-0.2, -0.15) is 11.8 Å². The van der Waals surface area contributed by atoms with Gasteiger partial charge in [0.15, 0.2) is 0 Å². The second kappa shape index (κ2) is 9.70. The minimum absolute atomic E-state index is 0.134. The molecule has 1 atom stereocenters. The predicted molar refractivity (Wildman–Crippen MR) is 67.7 cm³/mol. The van der Waals surface area contributed by atoms with Gasteiger partial charge in [0.25, 0.3) is 0 Å². The van der Waals surface area contributed by atoms with Crippen molar-refractivity contribution in [1.82, 2.24) is 0 Å². The number of carbonyl (C=O) groups is 2. The zero-order valence-electron chi connectivity index (χ0n) is 10.5. The summed E-state index contributed by atoms with van der Waals surface area (Å²) in [7, 11) is 1.41. The van der Waals surface area contributed by atoms with Gasteiger partial charge in [0.05, 0.1) is 12.4 Å². The third kappa shape index (κ3) is 7.74. The average molecular weight is 246 g/mol. The maximum atomic E-state index is 11.1. The molecule has 0 aliphatic carbocycles. The number of thioether (sulfide) groups is 1. The van der Waals surface area contributed by atoms with Crippen LogP contribution in [0.1, 0.15) is 45.4 Å². The van der Waals surface area contributed by atoms with Gasteiger partial charge in [-0.15, -0.1) is 0 Å². The van der Waals surface area contributed by atoms with Gasteiger partial charge in [-0.3, -0.25) is 9.59 Å². The van der Waals surface area contributed by atoms with Gasteiger partial charge in [-0.05, 0) is 26.0 Å². The molecule has 3 nitrogen and oxygen atoms in total. The topological polar surface area (TPSA) is 43.4 Å². The van der Waals surface area contributed by atoms with E-state index in [-0.39, 0.29) is 17.0 Å². The van der Waals surface area contributed by atoms with Crippen molar-refractivity contribution in [3.63, 3.8) is 0 Å². The third-order valence-electron chi connectivity index (χ3n) is 2.56. The number of hydrogen-bond donors (Lipinski definition) is 0. The van der Waals surface area contributed by atoms with E-state index in [0.717, 1.165) is 32.1 Å². The van der Waals surface area contributed by atoms with E-state index in [4.69, 9.17) is 0 Å². The maximum Gasteiger partial charge on any atom is 0.305 e. The van der Waals surface area contributed by atoms with E-state index in [2.05, 4.69) is 4.74 Å². The van der Waals surface area contributed by atoms with E-state index < -0.39 is 0 Å². The molecule has 0 aromatic heterocycles. The summed E-state index contributed by atoms with van der Waals surface area (Å²) in [6.45, 7) is 1.65. The maximum absolute atomic E-state index is 11.1. The van der Waals surface area contributed by atoms with Crippen LogP contribution in [0.15, 0.2) is 0 Å². The molecule has 0 radical (unpaired) electrons. The van der Waals surface area contributed by atoms with Crippen molar-refractivity contribution in [2.75, 3.05) is 13.4 Å². The molecule has 0 heterocycles. The van der Waals surface area contributed by atoms with Crippen LogP contribution < -0.4 is 0 Å². The number of ether oxygens (including phenoxy) is 1. The first-order valence-electron chi connectivity index (χ1n) is 5.72. The fraction of sp³-hybridized carbons (Fsp3) is 0.833. The largest absolute Gasteiger partial charge is 0.469 e. The minimum atomic E-state index is -0.134. The van der Waals surface area contributed by atoms with Crippen LogP contribution in [-0.2, 0) is 14.3 Å². The monoisotopic (exact) mass is 246 g/mol. The van der Waals surface area contributed by atoms with Crippen molar-refractivity contribution in [2.45, 2.75) is 50.7 Å². The molecule has 0 aliphatic rings. The molecule has 0 saturated carbocycles. The molecule has 94 valence electrons. The average Bonchev–Trinajstić information content (AvgIpc) is 2.27. The lowest BCUT2D eigenvalue weighted by Gasteiger charge is -2.09. The number of esters is 1. The Bertz CT molecular complexity index is 216. The van der Waals surface area contributed by atoms with Gasteiger partial charge in [-0.25, -0.2) is 0 Å². The molecule has 0 N–H and O–H groups in total. The van der Waals surface area contributed by atoms with Crippen molar-refractivity contribution >= 4 is 23.5 Å². The van der Waals surface area contributed by atoms with Crippen LogP contribution in [-0.4, -0.2) is 30.4 Å². The Labute approximate surface area is 102 Å². The molecule has 0 fully saturated rings. The Morgan fingerprint density at radius 1 is 1.19 bits per heavy atom. The Kier molecular flexibility index (Phi) is 9.39. The lowest BCUT2D eigenvalue weighted by molar-refractivity contribution is -0.140. The quantitative estimate of drug-likeness (QED) is 0.463. The number of rotatable bonds is 9. The molecule has 16 heavy (non-hydrogen) atoms. The zero-order valence-corrected chi connectivity index (χ0v) is 11.3. The molecular weight excluding hydrogens is 224 g/mol. The Hall–Kier alpha value is -0.510. The van der Waals surface area contributed by atoms with Crippen LogP contribution in [0.2, 0.25) is 0 Å². The van der Waals surface area contributed by atoms with E-state index in [1.54, 1.807) is 18.7 Å². The van der Waals surface area contributed by atoms with E-state index in [1.165, 1.54) is 7.11 Å². The molecule has 0 aliphatic heterocycles. The highest BCUT2D eigenvalue weighted by Gasteiger charge is 2.11. The first-order valence-corrected chi connectivity index (χ1v) is 7.00. The highest BCUT2D eigenvalue weighted by molar-refractivity contribution is 7.99. The van der Waals surface area contributed by atoms with Crippen LogP contribution >= 0.6 is 11.8 Å². The summed E-state index contributed by atoms with van der Waals surface area (Å²) < 4.78 is 4.56. The second-order valence-corrected chi connectivity index (χ2v) is 4.90. The number of methoxy groups -OCH3 is 1. The van der Waals surface area contributed by atoms with Gasteiger partial charge in [0, 0.05) is 6.42 Å². The van der Waals surface area contributed by atoms with E-state index in [0.29, 0.717) is 6.42 Å². The molecule has 0 rings (SSSR count). The highest BCUT2D eigenvalue weighted by atomic mass is 32.2. The van der Waals surface area contributed by atoms with Gasteiger partial charge >= 0.3 is 5.97 Å². The van der Waals surface area contributed by atoms with Crippen LogP contribution in [0, 0.1) is 0 Å². The van der Waals surface area contributed by atoms with Crippen LogP contribution in [0.3, 0.4) is 0 Å². The second-order valence-electron chi connectivity index (χ2n) is 3.86. The molecule has 0 saturated heterocycles. The SMILES string of the molecule is COC(=O)CCCCCCC(SC)C(C)=O. The summed E-state index contributed by atoms with van der Waals surface area (Å²) in [4.78, 5) is 22.0. The summed E-state index contributed by atoms with van der Waals surface area (Å²) in [6, 6.07) is 0. The molecule has 1 unspecified atom stereocenters. The summed E-state index contributed by atoms with van der Waals surface area (Å²) >= 11 is 1.63. The number of ketones is 1. The minimum Gasteiger partial charge on any atom is -0.469 e. The summed E-state index contributed by atoms with van der Waals surface area (Å²) in [5.41, 5.74) is 0. The molecule has 0 aromatic rings. The molecule has 0 aromatic carbocycles. The first-order chi connectivity index (χ1) is 7.61. The molecule has 0 amide bonds. The van der Waals surface area contributed by atoms with Crippen LogP contribution in [0.25, 0.3) is 0 Å². The van der Waals surface area contributed by atoms with E-state index in [9.17, 15) is 9.59 Å². The Balaban J connectivity index is 3.39. The number of carbonyl (C=O) groups excluding carboxylic acids is 2. The number of Topliss-reactive ketones (excluding diaryl/α,β-unsaturated/α-hetero) is 1. The molecular formula is C12H22O3S. The van der Waals surface area contributed by atoms with Crippen LogP contribution in [0.5, 0.6) is 0 Å². The first kappa shape index (κ1) is 15.5. The molecule has 0 spiro atoms. The predicted octanol–water partition coefficient (Wildman–Crippen LogP) is 2.82. The fourth-order valence-electron chi connectivity index (χ4n) is 1.54. The standard InChI is InChI=1S/C12H22O3S/c1-10(13)11(16-3)8-6-4-5-7-9-12(14)15-2/h11H,4-9H2,1-3H3. The van der Waals surface area contributed by atoms with Crippen molar-refractivity contribution < 1.29 is 14.3 Å². The van der Waals surface area contributed by atoms with Crippen molar-refractivity contribution in [3.05, 3.63) is 0 Å². The lowest BCUT2D eigenvalue weighted by Crippen LogP contribution is -2.12. The van der Waals surface area contributed by atoms with Crippen molar-refractivity contribution in [3.8, 4) is 0 Å². The van der Waals surface area contributed by atoms with Crippen LogP contribution in [0.4, 0.5) is 0 Å². The summed E-state index contributed by atoms with van der Waals surface area (Å²) in [5, 5.41) is 0.153. The van der Waals surface area contributed by atoms with Gasteiger partial charge in [0.1, 0.15) is 5.78 Å². The normalized spacial score (nSPS) is 12.2. The Morgan fingerprint density at radius 2 is 1.81 bits per heavy atom.